The lowest BCUT2D eigenvalue weighted by Gasteiger charge is -2.33. The van der Waals surface area contributed by atoms with Gasteiger partial charge in [-0.2, -0.15) is 0 Å². The topological polar surface area (TPSA) is 81.9 Å². The molecule has 0 aliphatic carbocycles. The molecular weight excluding hydrogens is 296 g/mol. The number of alkyl halides is 1. The molecule has 1 rings (SSSR count). The number of hydrogen-bond acceptors (Lipinski definition) is 5. The number of esters is 1. The number of nitrogens with two attached hydrogens (primary N) is 1. The van der Waals surface area contributed by atoms with Crippen molar-refractivity contribution in [2.45, 2.75) is 38.6 Å². The van der Waals surface area contributed by atoms with Crippen LogP contribution in [0.15, 0.2) is 0 Å². The first kappa shape index (κ1) is 18.0. The minimum atomic E-state index is -0.647. The van der Waals surface area contributed by atoms with Crippen LogP contribution in [-0.4, -0.2) is 55.2 Å². The lowest BCUT2D eigenvalue weighted by atomic mass is 9.90. The number of piperidine rings is 1. The first-order valence-corrected chi connectivity index (χ1v) is 8.03. The standard InChI is InChI=1S/C14H25ClN2O4/c1-2-3-9-21-14(19)17-7-4-11(5-8-17)12(16)13(18)20-10-6-15/h11-12H,2-10,16H2,1H3. The Hall–Kier alpha value is -1.01. The third-order valence-electron chi connectivity index (χ3n) is 3.62. The van der Waals surface area contributed by atoms with Crippen LogP contribution in [0.1, 0.15) is 32.6 Å². The van der Waals surface area contributed by atoms with Gasteiger partial charge in [-0.25, -0.2) is 4.79 Å². The summed E-state index contributed by atoms with van der Waals surface area (Å²) < 4.78 is 10.1. The predicted octanol–water partition coefficient (Wildman–Crippen LogP) is 1.74. The number of ether oxygens (including phenoxy) is 2. The maximum atomic E-state index is 11.8. The summed E-state index contributed by atoms with van der Waals surface area (Å²) in [5.74, 6) is -0.118. The van der Waals surface area contributed by atoms with Crippen LogP contribution in [0, 0.1) is 5.92 Å². The summed E-state index contributed by atoms with van der Waals surface area (Å²) in [5, 5.41) is 0. The van der Waals surface area contributed by atoms with Crippen molar-refractivity contribution >= 4 is 23.7 Å². The second-order valence-corrected chi connectivity index (χ2v) is 5.55. The Labute approximate surface area is 130 Å². The quantitative estimate of drug-likeness (QED) is 0.439. The molecule has 1 fully saturated rings. The van der Waals surface area contributed by atoms with Crippen molar-refractivity contribution in [1.82, 2.24) is 4.90 Å². The Morgan fingerprint density at radius 1 is 1.29 bits per heavy atom. The van der Waals surface area contributed by atoms with Crippen molar-refractivity contribution in [1.29, 1.82) is 0 Å². The fourth-order valence-corrected chi connectivity index (χ4v) is 2.34. The van der Waals surface area contributed by atoms with Gasteiger partial charge in [0.15, 0.2) is 0 Å². The third-order valence-corrected chi connectivity index (χ3v) is 3.78. The molecule has 6 nitrogen and oxygen atoms in total. The van der Waals surface area contributed by atoms with Crippen LogP contribution < -0.4 is 5.73 Å². The van der Waals surface area contributed by atoms with Gasteiger partial charge in [0.1, 0.15) is 12.6 Å². The van der Waals surface area contributed by atoms with Gasteiger partial charge in [-0.3, -0.25) is 4.79 Å². The second-order valence-electron chi connectivity index (χ2n) is 5.17. The van der Waals surface area contributed by atoms with Gasteiger partial charge in [-0.05, 0) is 25.2 Å². The summed E-state index contributed by atoms with van der Waals surface area (Å²) in [5.41, 5.74) is 5.90. The molecule has 1 aliphatic heterocycles. The highest BCUT2D eigenvalue weighted by Gasteiger charge is 2.31. The first-order valence-electron chi connectivity index (χ1n) is 7.50. The van der Waals surface area contributed by atoms with Gasteiger partial charge < -0.3 is 20.1 Å². The average molecular weight is 321 g/mol. The maximum Gasteiger partial charge on any atom is 0.409 e. The number of rotatable bonds is 7. The van der Waals surface area contributed by atoms with Crippen LogP contribution in [0.4, 0.5) is 4.79 Å². The van der Waals surface area contributed by atoms with Crippen molar-refractivity contribution in [2.75, 3.05) is 32.2 Å². The Bertz CT molecular complexity index is 333. The lowest BCUT2D eigenvalue weighted by molar-refractivity contribution is -0.146. The minimum absolute atomic E-state index is 0.0347. The number of halogens is 1. The number of likely N-dealkylation sites (tertiary alicyclic amines) is 1. The second kappa shape index (κ2) is 9.84. The van der Waals surface area contributed by atoms with E-state index in [0.29, 0.717) is 32.5 Å². The van der Waals surface area contributed by atoms with E-state index in [4.69, 9.17) is 26.8 Å². The Kier molecular flexibility index (Phi) is 8.45. The zero-order valence-corrected chi connectivity index (χ0v) is 13.3. The molecule has 0 spiro atoms. The Balaban J connectivity index is 2.30. The summed E-state index contributed by atoms with van der Waals surface area (Å²) in [7, 11) is 0. The number of carbonyl (C=O) groups is 2. The molecule has 0 radical (unpaired) electrons. The van der Waals surface area contributed by atoms with Crippen molar-refractivity contribution in [3.8, 4) is 0 Å². The molecule has 21 heavy (non-hydrogen) atoms. The van der Waals surface area contributed by atoms with E-state index in [1.165, 1.54) is 0 Å². The lowest BCUT2D eigenvalue weighted by Crippen LogP contribution is -2.47. The van der Waals surface area contributed by atoms with Gasteiger partial charge in [-0.1, -0.05) is 13.3 Å². The van der Waals surface area contributed by atoms with Crippen molar-refractivity contribution < 1.29 is 19.1 Å². The van der Waals surface area contributed by atoms with Crippen molar-refractivity contribution in [2.24, 2.45) is 11.7 Å². The number of hydrogen-bond donors (Lipinski definition) is 1. The molecule has 2 N–H and O–H groups in total. The van der Waals surface area contributed by atoms with Crippen LogP contribution >= 0.6 is 11.6 Å². The van der Waals surface area contributed by atoms with E-state index in [9.17, 15) is 9.59 Å². The zero-order chi connectivity index (χ0) is 15.7. The fourth-order valence-electron chi connectivity index (χ4n) is 2.26. The molecule has 0 aromatic carbocycles. The molecule has 0 saturated carbocycles. The van der Waals surface area contributed by atoms with Gasteiger partial charge >= 0.3 is 12.1 Å². The SMILES string of the molecule is CCCCOC(=O)N1CCC(C(N)C(=O)OCCCl)CC1. The summed E-state index contributed by atoms with van der Waals surface area (Å²) in [6.07, 6.45) is 2.95. The Morgan fingerprint density at radius 2 is 1.95 bits per heavy atom. The van der Waals surface area contributed by atoms with Gasteiger partial charge in [-0.15, -0.1) is 11.6 Å². The van der Waals surface area contributed by atoms with Gasteiger partial charge in [0.25, 0.3) is 0 Å². The number of carbonyl (C=O) groups excluding carboxylic acids is 2. The highest BCUT2D eigenvalue weighted by molar-refractivity contribution is 6.18. The first-order chi connectivity index (χ1) is 10.1. The number of nitrogens with zero attached hydrogens (tertiary/aromatic N) is 1. The van der Waals surface area contributed by atoms with E-state index in [-0.39, 0.29) is 24.5 Å². The van der Waals surface area contributed by atoms with Gasteiger partial charge in [0.2, 0.25) is 0 Å². The van der Waals surface area contributed by atoms with Crippen LogP contribution in [-0.2, 0) is 14.3 Å². The van der Waals surface area contributed by atoms with Gasteiger partial charge in [0, 0.05) is 13.1 Å². The van der Waals surface area contributed by atoms with Crippen LogP contribution in [0.2, 0.25) is 0 Å². The summed E-state index contributed by atoms with van der Waals surface area (Å²) in [6, 6.07) is -0.647. The molecule has 1 saturated heterocycles. The van der Waals surface area contributed by atoms with Crippen LogP contribution in [0.5, 0.6) is 0 Å². The van der Waals surface area contributed by atoms with E-state index in [1.807, 2.05) is 6.92 Å². The predicted molar refractivity (Wildman–Crippen MR) is 80.2 cm³/mol. The van der Waals surface area contributed by atoms with E-state index >= 15 is 0 Å². The van der Waals surface area contributed by atoms with Crippen molar-refractivity contribution in [3.63, 3.8) is 0 Å². The molecule has 1 atom stereocenters. The highest BCUT2D eigenvalue weighted by Crippen LogP contribution is 2.21. The van der Waals surface area contributed by atoms with E-state index < -0.39 is 12.0 Å². The minimum Gasteiger partial charge on any atom is -0.463 e. The largest absolute Gasteiger partial charge is 0.463 e. The Morgan fingerprint density at radius 3 is 2.52 bits per heavy atom. The maximum absolute atomic E-state index is 11.8. The molecule has 0 bridgehead atoms. The molecule has 7 heteroatoms. The molecule has 0 aromatic rings. The van der Waals surface area contributed by atoms with Crippen molar-refractivity contribution in [3.05, 3.63) is 0 Å². The highest BCUT2D eigenvalue weighted by atomic mass is 35.5. The smallest absolute Gasteiger partial charge is 0.409 e. The van der Waals surface area contributed by atoms with Crippen LogP contribution in [0.3, 0.4) is 0 Å². The third kappa shape index (κ3) is 6.09. The number of amides is 1. The summed E-state index contributed by atoms with van der Waals surface area (Å²) in [4.78, 5) is 25.1. The fraction of sp³-hybridized carbons (Fsp3) is 0.857. The van der Waals surface area contributed by atoms with Gasteiger partial charge in [0.05, 0.1) is 12.5 Å². The van der Waals surface area contributed by atoms with E-state index in [1.54, 1.807) is 4.90 Å². The molecular formula is C14H25ClN2O4. The normalized spacial score (nSPS) is 17.4. The monoisotopic (exact) mass is 320 g/mol. The van der Waals surface area contributed by atoms with Crippen LogP contribution in [0.25, 0.3) is 0 Å². The van der Waals surface area contributed by atoms with E-state index in [0.717, 1.165) is 12.8 Å². The molecule has 122 valence electrons. The number of unbranched alkanes of at least 4 members (excludes halogenated alkanes) is 1. The molecule has 1 aliphatic rings. The molecule has 0 aromatic heterocycles. The molecule has 1 heterocycles. The van der Waals surface area contributed by atoms with E-state index in [2.05, 4.69) is 0 Å². The zero-order valence-electron chi connectivity index (χ0n) is 12.6. The summed E-state index contributed by atoms with van der Waals surface area (Å²) in [6.45, 7) is 3.80. The summed E-state index contributed by atoms with van der Waals surface area (Å²) >= 11 is 5.47. The average Bonchev–Trinajstić information content (AvgIpc) is 2.52. The molecule has 1 unspecified atom stereocenters. The molecule has 1 amide bonds.